The average molecular weight is 234 g/mol. The zero-order valence-electron chi connectivity index (χ0n) is 10.0. The lowest BCUT2D eigenvalue weighted by Crippen LogP contribution is -2.39. The molecule has 2 rings (SSSR count). The lowest BCUT2D eigenvalue weighted by Gasteiger charge is -2.27. The van der Waals surface area contributed by atoms with Gasteiger partial charge in [0.05, 0.1) is 12.7 Å². The Balaban J connectivity index is 2.24. The van der Waals surface area contributed by atoms with Gasteiger partial charge in [-0.25, -0.2) is 4.79 Å². The zero-order valence-corrected chi connectivity index (χ0v) is 10.0. The first-order valence-electron chi connectivity index (χ1n) is 5.32. The van der Waals surface area contributed by atoms with Crippen molar-refractivity contribution in [1.29, 1.82) is 0 Å². The minimum absolute atomic E-state index is 0.348. The number of anilines is 1. The van der Waals surface area contributed by atoms with Crippen molar-refractivity contribution >= 4 is 23.8 Å². The summed E-state index contributed by atoms with van der Waals surface area (Å²) in [6.07, 6.45) is 2.74. The van der Waals surface area contributed by atoms with Crippen molar-refractivity contribution in [1.82, 2.24) is 10.2 Å². The molecule has 2 heterocycles. The van der Waals surface area contributed by atoms with Crippen LogP contribution in [0, 0.1) is 0 Å². The molecule has 1 amide bonds. The Labute approximate surface area is 99.3 Å². The predicted octanol–water partition coefficient (Wildman–Crippen LogP) is 1.93. The van der Waals surface area contributed by atoms with E-state index in [0.717, 1.165) is 0 Å². The van der Waals surface area contributed by atoms with Gasteiger partial charge in [-0.3, -0.25) is 9.89 Å². The van der Waals surface area contributed by atoms with Gasteiger partial charge in [0.2, 0.25) is 0 Å². The first-order chi connectivity index (χ1) is 7.97. The summed E-state index contributed by atoms with van der Waals surface area (Å²) in [7, 11) is 0. The molecule has 1 aromatic rings. The fraction of sp³-hybridized carbons (Fsp3) is 0.455. The summed E-state index contributed by atoms with van der Waals surface area (Å²) in [4.78, 5) is 17.5. The van der Waals surface area contributed by atoms with Gasteiger partial charge >= 0.3 is 6.09 Å². The Morgan fingerprint density at radius 2 is 2.24 bits per heavy atom. The Morgan fingerprint density at radius 3 is 2.94 bits per heavy atom. The second kappa shape index (κ2) is 4.12. The molecule has 17 heavy (non-hydrogen) atoms. The second-order valence-corrected chi connectivity index (χ2v) is 4.64. The predicted molar refractivity (Wildman–Crippen MR) is 63.8 cm³/mol. The van der Waals surface area contributed by atoms with Gasteiger partial charge in [0.15, 0.2) is 5.82 Å². The van der Waals surface area contributed by atoms with Crippen LogP contribution in [-0.2, 0) is 4.74 Å². The fourth-order valence-electron chi connectivity index (χ4n) is 1.40. The minimum Gasteiger partial charge on any atom is -0.443 e. The summed E-state index contributed by atoms with van der Waals surface area (Å²) >= 11 is 0. The largest absolute Gasteiger partial charge is 0.443 e. The molecule has 0 saturated heterocycles. The molecule has 0 radical (unpaired) electrons. The van der Waals surface area contributed by atoms with Gasteiger partial charge in [0, 0.05) is 6.21 Å². The van der Waals surface area contributed by atoms with E-state index in [9.17, 15) is 4.79 Å². The highest BCUT2D eigenvalue weighted by Crippen LogP contribution is 2.28. The third kappa shape index (κ3) is 2.58. The molecule has 0 N–H and O–H groups in total. The van der Waals surface area contributed by atoms with Crippen LogP contribution in [0.1, 0.15) is 20.8 Å². The van der Waals surface area contributed by atoms with E-state index in [2.05, 4.69) is 15.2 Å². The number of nitrogens with zero attached hydrogens (tertiary/aromatic N) is 4. The number of rotatable bonds is 0. The number of aromatic nitrogens is 2. The third-order valence-electron chi connectivity index (χ3n) is 2.04. The summed E-state index contributed by atoms with van der Waals surface area (Å²) in [5, 5.41) is 7.67. The maximum absolute atomic E-state index is 12.0. The van der Waals surface area contributed by atoms with E-state index in [4.69, 9.17) is 4.74 Å². The van der Waals surface area contributed by atoms with Crippen LogP contribution >= 0.6 is 0 Å². The number of fused-ring (bicyclic) bond motifs is 1. The van der Waals surface area contributed by atoms with Gasteiger partial charge in [0.25, 0.3) is 0 Å². The van der Waals surface area contributed by atoms with E-state index in [-0.39, 0.29) is 0 Å². The maximum atomic E-state index is 12.0. The van der Waals surface area contributed by atoms with E-state index in [1.54, 1.807) is 12.3 Å². The van der Waals surface area contributed by atoms with Crippen LogP contribution in [-0.4, -0.2) is 34.7 Å². The number of hydrogen-bond acceptors (Lipinski definition) is 5. The first kappa shape index (κ1) is 11.5. The highest BCUT2D eigenvalue weighted by Gasteiger charge is 2.27. The van der Waals surface area contributed by atoms with Crippen LogP contribution in [0.4, 0.5) is 16.3 Å². The van der Waals surface area contributed by atoms with Crippen LogP contribution in [0.15, 0.2) is 17.3 Å². The molecule has 1 aromatic heterocycles. The molecule has 0 atom stereocenters. The van der Waals surface area contributed by atoms with Crippen LogP contribution < -0.4 is 4.90 Å². The topological polar surface area (TPSA) is 67.7 Å². The van der Waals surface area contributed by atoms with Gasteiger partial charge in [-0.05, 0) is 26.8 Å². The lowest BCUT2D eigenvalue weighted by atomic mass is 10.2. The number of amides is 1. The van der Waals surface area contributed by atoms with Crippen molar-refractivity contribution in [3.8, 4) is 0 Å². The molecule has 0 unspecified atom stereocenters. The molecule has 6 heteroatoms. The molecule has 0 fully saturated rings. The summed E-state index contributed by atoms with van der Waals surface area (Å²) in [6, 6.07) is 1.70. The first-order valence-corrected chi connectivity index (χ1v) is 5.32. The quantitative estimate of drug-likeness (QED) is 0.687. The highest BCUT2D eigenvalue weighted by atomic mass is 16.6. The van der Waals surface area contributed by atoms with Crippen LogP contribution in [0.2, 0.25) is 0 Å². The van der Waals surface area contributed by atoms with Crippen molar-refractivity contribution in [2.75, 3.05) is 11.4 Å². The molecule has 0 spiro atoms. The Morgan fingerprint density at radius 1 is 1.47 bits per heavy atom. The monoisotopic (exact) mass is 234 g/mol. The fourth-order valence-corrected chi connectivity index (χ4v) is 1.40. The molecule has 6 nitrogen and oxygen atoms in total. The van der Waals surface area contributed by atoms with Crippen LogP contribution in [0.3, 0.4) is 0 Å². The summed E-state index contributed by atoms with van der Waals surface area (Å²) in [5.74, 6) is 0.434. The van der Waals surface area contributed by atoms with E-state index in [1.807, 2.05) is 20.8 Å². The molecule has 0 aliphatic carbocycles. The van der Waals surface area contributed by atoms with Crippen molar-refractivity contribution in [2.45, 2.75) is 26.4 Å². The molecule has 1 aliphatic rings. The second-order valence-electron chi connectivity index (χ2n) is 4.64. The standard InChI is InChI=1S/C11H14N4O2/c1-11(2,3)17-10(16)15-7-6-12-8-4-5-13-14-9(8)15/h4-6H,7H2,1-3H3. The number of carbonyl (C=O) groups is 1. The molecule has 0 aromatic carbocycles. The number of carbonyl (C=O) groups excluding carboxylic acids is 1. The van der Waals surface area contributed by atoms with Gasteiger partial charge in [0.1, 0.15) is 11.3 Å². The number of ether oxygens (including phenoxy) is 1. The molecule has 0 saturated carbocycles. The van der Waals surface area contributed by atoms with Gasteiger partial charge in [-0.2, -0.15) is 5.10 Å². The molecular weight excluding hydrogens is 220 g/mol. The number of hydrogen-bond donors (Lipinski definition) is 0. The Kier molecular flexibility index (Phi) is 2.79. The lowest BCUT2D eigenvalue weighted by molar-refractivity contribution is 0.0584. The molecular formula is C11H14N4O2. The van der Waals surface area contributed by atoms with Crippen molar-refractivity contribution in [3.05, 3.63) is 12.3 Å². The minimum atomic E-state index is -0.534. The van der Waals surface area contributed by atoms with Crippen molar-refractivity contribution in [2.24, 2.45) is 4.99 Å². The highest BCUT2D eigenvalue weighted by molar-refractivity contribution is 5.96. The molecule has 0 bridgehead atoms. The Bertz CT molecular complexity index is 465. The SMILES string of the molecule is CC(C)(C)OC(=O)N1CC=Nc2ccnnc21. The van der Waals surface area contributed by atoms with Gasteiger partial charge < -0.3 is 4.74 Å². The summed E-state index contributed by atoms with van der Waals surface area (Å²) < 4.78 is 5.29. The molecule has 1 aliphatic heterocycles. The van der Waals surface area contributed by atoms with Gasteiger partial charge in [-0.15, -0.1) is 5.10 Å². The number of aliphatic imine (C=N–C) groups is 1. The summed E-state index contributed by atoms with van der Waals surface area (Å²) in [5.41, 5.74) is 0.0886. The van der Waals surface area contributed by atoms with Crippen molar-refractivity contribution < 1.29 is 9.53 Å². The summed E-state index contributed by atoms with van der Waals surface area (Å²) in [6.45, 7) is 5.81. The normalized spacial score (nSPS) is 14.4. The van der Waals surface area contributed by atoms with E-state index in [1.165, 1.54) is 11.1 Å². The van der Waals surface area contributed by atoms with Crippen LogP contribution in [0.25, 0.3) is 0 Å². The zero-order chi connectivity index (χ0) is 12.5. The van der Waals surface area contributed by atoms with E-state index >= 15 is 0 Å². The smallest absolute Gasteiger partial charge is 0.416 e. The maximum Gasteiger partial charge on any atom is 0.416 e. The van der Waals surface area contributed by atoms with E-state index in [0.29, 0.717) is 18.1 Å². The average Bonchev–Trinajstić information content (AvgIpc) is 2.26. The Hall–Kier alpha value is -1.98. The molecule has 90 valence electrons. The third-order valence-corrected chi connectivity index (χ3v) is 2.04. The van der Waals surface area contributed by atoms with Gasteiger partial charge in [-0.1, -0.05) is 0 Å². The van der Waals surface area contributed by atoms with Crippen molar-refractivity contribution in [3.63, 3.8) is 0 Å². The van der Waals surface area contributed by atoms with E-state index < -0.39 is 11.7 Å². The van der Waals surface area contributed by atoms with Crippen LogP contribution in [0.5, 0.6) is 0 Å².